The van der Waals surface area contributed by atoms with E-state index < -0.39 is 12.8 Å². The quantitative estimate of drug-likeness (QED) is 0.713. The third kappa shape index (κ3) is 4.73. The van der Waals surface area contributed by atoms with Gasteiger partial charge in [0.1, 0.15) is 5.75 Å². The number of hydrogen-bond donors (Lipinski definition) is 0. The second-order valence-electron chi connectivity index (χ2n) is 4.45. The molecular formula is C13H13F3INO3. The van der Waals surface area contributed by atoms with Crippen molar-refractivity contribution in [2.75, 3.05) is 32.9 Å². The van der Waals surface area contributed by atoms with Gasteiger partial charge in [-0.1, -0.05) is 0 Å². The molecule has 0 atom stereocenters. The van der Waals surface area contributed by atoms with Crippen molar-refractivity contribution in [3.63, 3.8) is 0 Å². The maximum absolute atomic E-state index is 12.3. The van der Waals surface area contributed by atoms with Gasteiger partial charge in [-0.25, -0.2) is 0 Å². The number of hydrogen-bond acceptors (Lipinski definition) is 3. The van der Waals surface area contributed by atoms with Crippen molar-refractivity contribution in [2.45, 2.75) is 6.18 Å². The van der Waals surface area contributed by atoms with Crippen molar-refractivity contribution in [3.05, 3.63) is 27.3 Å². The van der Waals surface area contributed by atoms with Crippen molar-refractivity contribution < 1.29 is 27.4 Å². The lowest BCUT2D eigenvalue weighted by Gasteiger charge is -2.27. The number of nitrogens with zero attached hydrogens (tertiary/aromatic N) is 1. The molecule has 4 nitrogen and oxygen atoms in total. The van der Waals surface area contributed by atoms with Crippen LogP contribution in [0.4, 0.5) is 13.2 Å². The number of ether oxygens (including phenoxy) is 2. The zero-order valence-electron chi connectivity index (χ0n) is 11.0. The summed E-state index contributed by atoms with van der Waals surface area (Å²) in [5.41, 5.74) is 0.314. The number of amides is 1. The van der Waals surface area contributed by atoms with Gasteiger partial charge in [-0.15, -0.1) is 0 Å². The van der Waals surface area contributed by atoms with Gasteiger partial charge in [0.15, 0.2) is 6.61 Å². The predicted octanol–water partition coefficient (Wildman–Crippen LogP) is 2.70. The summed E-state index contributed by atoms with van der Waals surface area (Å²) in [6.45, 7) is 0.506. The van der Waals surface area contributed by atoms with Crippen LogP contribution >= 0.6 is 22.6 Å². The molecule has 0 aromatic heterocycles. The molecule has 8 heteroatoms. The van der Waals surface area contributed by atoms with E-state index in [0.29, 0.717) is 35.4 Å². The minimum Gasteiger partial charge on any atom is -0.483 e. The van der Waals surface area contributed by atoms with Gasteiger partial charge < -0.3 is 14.4 Å². The minimum absolute atomic E-state index is 0.0621. The van der Waals surface area contributed by atoms with E-state index in [2.05, 4.69) is 0 Å². The summed E-state index contributed by atoms with van der Waals surface area (Å²) in [7, 11) is 0. The molecule has 0 saturated carbocycles. The van der Waals surface area contributed by atoms with Crippen LogP contribution in [0.1, 0.15) is 10.4 Å². The van der Waals surface area contributed by atoms with E-state index in [1.807, 2.05) is 22.6 Å². The summed E-state index contributed by atoms with van der Waals surface area (Å²) in [6, 6.07) is 4.51. The Balaban J connectivity index is 2.11. The van der Waals surface area contributed by atoms with Crippen LogP contribution < -0.4 is 4.74 Å². The Labute approximate surface area is 133 Å². The lowest BCUT2D eigenvalue weighted by molar-refractivity contribution is -0.153. The highest BCUT2D eigenvalue weighted by atomic mass is 127. The molecule has 1 aromatic rings. The van der Waals surface area contributed by atoms with Gasteiger partial charge in [-0.2, -0.15) is 13.2 Å². The molecule has 1 amide bonds. The zero-order chi connectivity index (χ0) is 15.5. The Morgan fingerprint density at radius 2 is 2.00 bits per heavy atom. The number of morpholine rings is 1. The van der Waals surface area contributed by atoms with Crippen LogP contribution in [-0.2, 0) is 4.74 Å². The van der Waals surface area contributed by atoms with E-state index >= 15 is 0 Å². The Bertz CT molecular complexity index is 516. The summed E-state index contributed by atoms with van der Waals surface area (Å²) in [4.78, 5) is 13.9. The predicted molar refractivity (Wildman–Crippen MR) is 77.4 cm³/mol. The topological polar surface area (TPSA) is 38.8 Å². The third-order valence-electron chi connectivity index (χ3n) is 2.87. The normalized spacial score (nSPS) is 15.9. The average molecular weight is 415 g/mol. The van der Waals surface area contributed by atoms with Gasteiger partial charge >= 0.3 is 6.18 Å². The van der Waals surface area contributed by atoms with Gasteiger partial charge in [0, 0.05) is 18.7 Å². The van der Waals surface area contributed by atoms with Gasteiger partial charge in [0.2, 0.25) is 0 Å². The molecule has 1 aliphatic rings. The summed E-state index contributed by atoms with van der Waals surface area (Å²) in [5, 5.41) is 0. The van der Waals surface area contributed by atoms with Crippen molar-refractivity contribution in [1.82, 2.24) is 4.90 Å². The summed E-state index contributed by atoms with van der Waals surface area (Å²) in [6.07, 6.45) is -4.41. The molecule has 1 fully saturated rings. The van der Waals surface area contributed by atoms with E-state index in [4.69, 9.17) is 9.47 Å². The molecule has 0 radical (unpaired) electrons. The molecule has 1 aromatic carbocycles. The smallest absolute Gasteiger partial charge is 0.422 e. The highest BCUT2D eigenvalue weighted by Gasteiger charge is 2.29. The van der Waals surface area contributed by atoms with Crippen LogP contribution in [0.5, 0.6) is 5.75 Å². The van der Waals surface area contributed by atoms with Gasteiger partial charge in [0.25, 0.3) is 5.91 Å². The molecule has 0 aliphatic carbocycles. The first kappa shape index (κ1) is 16.3. The van der Waals surface area contributed by atoms with Gasteiger partial charge in [0.05, 0.1) is 16.8 Å². The zero-order valence-corrected chi connectivity index (χ0v) is 13.1. The summed E-state index contributed by atoms with van der Waals surface area (Å²) in [5.74, 6) is -0.168. The van der Waals surface area contributed by atoms with Crippen molar-refractivity contribution in [2.24, 2.45) is 0 Å². The molecule has 0 unspecified atom stereocenters. The Hall–Kier alpha value is -1.03. The number of halogens is 4. The minimum atomic E-state index is -4.41. The first-order valence-electron chi connectivity index (χ1n) is 6.23. The van der Waals surface area contributed by atoms with Crippen molar-refractivity contribution >= 4 is 28.5 Å². The Morgan fingerprint density at radius 3 is 2.62 bits per heavy atom. The highest BCUT2D eigenvalue weighted by Crippen LogP contribution is 2.25. The van der Waals surface area contributed by atoms with Crippen LogP contribution in [0, 0.1) is 3.57 Å². The lowest BCUT2D eigenvalue weighted by Crippen LogP contribution is -2.40. The largest absolute Gasteiger partial charge is 0.483 e. The third-order valence-corrected chi connectivity index (χ3v) is 3.76. The second-order valence-corrected chi connectivity index (χ2v) is 5.62. The molecule has 116 valence electrons. The van der Waals surface area contributed by atoms with Crippen LogP contribution in [0.25, 0.3) is 0 Å². The lowest BCUT2D eigenvalue weighted by atomic mass is 10.2. The molecule has 0 spiro atoms. The number of alkyl halides is 3. The van der Waals surface area contributed by atoms with E-state index in [-0.39, 0.29) is 11.7 Å². The summed E-state index contributed by atoms with van der Waals surface area (Å²) < 4.78 is 47.1. The standard InChI is InChI=1S/C13H13F3INO3/c14-13(15,16)8-21-11-7-9(1-2-10(11)17)12(19)18-3-5-20-6-4-18/h1-2,7H,3-6,8H2. The first-order valence-corrected chi connectivity index (χ1v) is 7.31. The molecule has 0 N–H and O–H groups in total. The van der Waals surface area contributed by atoms with Crippen LogP contribution in [0.3, 0.4) is 0 Å². The number of carbonyl (C=O) groups excluding carboxylic acids is 1. The highest BCUT2D eigenvalue weighted by molar-refractivity contribution is 14.1. The molecule has 21 heavy (non-hydrogen) atoms. The van der Waals surface area contributed by atoms with Crippen molar-refractivity contribution in [1.29, 1.82) is 0 Å². The molecule has 1 aliphatic heterocycles. The number of benzene rings is 1. The monoisotopic (exact) mass is 415 g/mol. The SMILES string of the molecule is O=C(c1ccc(I)c(OCC(F)(F)F)c1)N1CCOCC1. The molecular weight excluding hydrogens is 402 g/mol. The molecule has 1 heterocycles. The van der Waals surface area contributed by atoms with Gasteiger partial charge in [-0.3, -0.25) is 4.79 Å². The van der Waals surface area contributed by atoms with Crippen molar-refractivity contribution in [3.8, 4) is 5.75 Å². The van der Waals surface area contributed by atoms with Crippen LogP contribution in [0.15, 0.2) is 18.2 Å². The molecule has 2 rings (SSSR count). The average Bonchev–Trinajstić information content (AvgIpc) is 2.46. The fourth-order valence-electron chi connectivity index (χ4n) is 1.86. The van der Waals surface area contributed by atoms with Gasteiger partial charge in [-0.05, 0) is 40.8 Å². The van der Waals surface area contributed by atoms with Crippen LogP contribution in [0.2, 0.25) is 0 Å². The fourth-order valence-corrected chi connectivity index (χ4v) is 2.35. The maximum atomic E-state index is 12.3. The Kier molecular flexibility index (Phi) is 5.31. The fraction of sp³-hybridized carbons (Fsp3) is 0.462. The van der Waals surface area contributed by atoms with E-state index in [1.54, 1.807) is 17.0 Å². The second kappa shape index (κ2) is 6.82. The first-order chi connectivity index (χ1) is 9.87. The molecule has 1 saturated heterocycles. The van der Waals surface area contributed by atoms with E-state index in [9.17, 15) is 18.0 Å². The Morgan fingerprint density at radius 1 is 1.33 bits per heavy atom. The number of carbonyl (C=O) groups is 1. The maximum Gasteiger partial charge on any atom is 0.422 e. The van der Waals surface area contributed by atoms with E-state index in [0.717, 1.165) is 0 Å². The molecule has 0 bridgehead atoms. The summed E-state index contributed by atoms with van der Waals surface area (Å²) >= 11 is 1.87. The van der Waals surface area contributed by atoms with E-state index in [1.165, 1.54) is 6.07 Å². The van der Waals surface area contributed by atoms with Crippen LogP contribution in [-0.4, -0.2) is 49.9 Å². The number of rotatable bonds is 3.